The highest BCUT2D eigenvalue weighted by molar-refractivity contribution is 6.03. The van der Waals surface area contributed by atoms with E-state index in [-0.39, 0.29) is 24.3 Å². The van der Waals surface area contributed by atoms with Crippen LogP contribution in [0.5, 0.6) is 0 Å². The Morgan fingerprint density at radius 2 is 1.70 bits per heavy atom. The molecule has 0 N–H and O–H groups in total. The Labute approximate surface area is 172 Å². The molecule has 2 heterocycles. The van der Waals surface area contributed by atoms with Crippen LogP contribution in [0, 0.1) is 5.82 Å². The number of hydrogen-bond acceptors (Lipinski definition) is 4. The molecule has 0 saturated carbocycles. The minimum atomic E-state index is -0.312. The van der Waals surface area contributed by atoms with Gasteiger partial charge in [0.05, 0.1) is 17.3 Å². The second-order valence-corrected chi connectivity index (χ2v) is 7.16. The zero-order valence-electron chi connectivity index (χ0n) is 16.0. The maximum absolute atomic E-state index is 13.4. The number of hydrogen-bond donors (Lipinski definition) is 0. The van der Waals surface area contributed by atoms with Crippen molar-refractivity contribution in [2.75, 3.05) is 0 Å². The van der Waals surface area contributed by atoms with Crippen LogP contribution in [0.25, 0.3) is 11.0 Å². The first kappa shape index (κ1) is 18.2. The van der Waals surface area contributed by atoms with E-state index in [1.807, 2.05) is 54.6 Å². The molecule has 0 bridgehead atoms. The smallest absolute Gasteiger partial charge is 0.265 e. The molecule has 7 heteroatoms. The Hall–Kier alpha value is -3.87. The molecule has 4 aromatic rings. The van der Waals surface area contributed by atoms with E-state index in [1.165, 1.54) is 17.1 Å². The SMILES string of the molecule is O=C(Cn1nnc2ccccc21)N1N=C(c2ccccc2)CC1c1ccc(F)cc1. The maximum Gasteiger partial charge on any atom is 0.265 e. The lowest BCUT2D eigenvalue weighted by Crippen LogP contribution is -2.30. The van der Waals surface area contributed by atoms with Crippen LogP contribution in [0.4, 0.5) is 4.39 Å². The number of fused-ring (bicyclic) bond motifs is 1. The molecule has 0 saturated heterocycles. The summed E-state index contributed by atoms with van der Waals surface area (Å²) < 4.78 is 15.0. The monoisotopic (exact) mass is 399 g/mol. The fourth-order valence-corrected chi connectivity index (χ4v) is 3.72. The number of nitrogens with zero attached hydrogens (tertiary/aromatic N) is 5. The van der Waals surface area contributed by atoms with Gasteiger partial charge in [-0.25, -0.2) is 14.1 Å². The Bertz CT molecular complexity index is 1230. The Morgan fingerprint density at radius 3 is 2.50 bits per heavy atom. The van der Waals surface area contributed by atoms with Gasteiger partial charge < -0.3 is 0 Å². The van der Waals surface area contributed by atoms with Gasteiger partial charge in [0.15, 0.2) is 0 Å². The van der Waals surface area contributed by atoms with Crippen LogP contribution in [0.15, 0.2) is 84.0 Å². The van der Waals surface area contributed by atoms with Crippen LogP contribution in [0.3, 0.4) is 0 Å². The number of amides is 1. The van der Waals surface area contributed by atoms with Crippen LogP contribution in [-0.4, -0.2) is 31.6 Å². The largest absolute Gasteiger partial charge is 0.271 e. The molecule has 0 radical (unpaired) electrons. The minimum absolute atomic E-state index is 0.0176. The van der Waals surface area contributed by atoms with Gasteiger partial charge in [-0.15, -0.1) is 5.10 Å². The molecule has 30 heavy (non-hydrogen) atoms. The average molecular weight is 399 g/mol. The van der Waals surface area contributed by atoms with Crippen LogP contribution in [0.1, 0.15) is 23.6 Å². The Kier molecular flexibility index (Phi) is 4.55. The molecule has 0 aliphatic carbocycles. The molecule has 6 nitrogen and oxygen atoms in total. The maximum atomic E-state index is 13.4. The third-order valence-electron chi connectivity index (χ3n) is 5.23. The molecule has 0 fully saturated rings. The van der Waals surface area contributed by atoms with E-state index in [1.54, 1.807) is 16.8 Å². The summed E-state index contributed by atoms with van der Waals surface area (Å²) in [5.74, 6) is -0.515. The average Bonchev–Trinajstić information content (AvgIpc) is 3.40. The van der Waals surface area contributed by atoms with Crippen molar-refractivity contribution < 1.29 is 9.18 Å². The zero-order valence-corrected chi connectivity index (χ0v) is 16.0. The number of benzene rings is 3. The fourth-order valence-electron chi connectivity index (χ4n) is 3.72. The highest BCUT2D eigenvalue weighted by Crippen LogP contribution is 2.33. The summed E-state index contributed by atoms with van der Waals surface area (Å²) in [5, 5.41) is 14.4. The van der Waals surface area contributed by atoms with Gasteiger partial charge in [0.2, 0.25) is 0 Å². The number of carbonyl (C=O) groups excluding carboxylic acids is 1. The summed E-state index contributed by atoms with van der Waals surface area (Å²) in [6, 6.07) is 23.2. The summed E-state index contributed by atoms with van der Waals surface area (Å²) in [6.45, 7) is 0.0176. The summed E-state index contributed by atoms with van der Waals surface area (Å²) in [6.07, 6.45) is 0.555. The van der Waals surface area contributed by atoms with Crippen molar-refractivity contribution in [2.24, 2.45) is 5.10 Å². The third-order valence-corrected chi connectivity index (χ3v) is 5.23. The Morgan fingerprint density at radius 1 is 0.967 bits per heavy atom. The summed E-state index contributed by atoms with van der Waals surface area (Å²) >= 11 is 0. The molecule has 1 unspecified atom stereocenters. The molecule has 0 spiro atoms. The van der Waals surface area contributed by atoms with Gasteiger partial charge in [-0.3, -0.25) is 4.79 Å². The lowest BCUT2D eigenvalue weighted by atomic mass is 9.98. The van der Waals surface area contributed by atoms with Crippen LogP contribution in [-0.2, 0) is 11.3 Å². The van der Waals surface area contributed by atoms with E-state index in [0.29, 0.717) is 6.42 Å². The van der Waals surface area contributed by atoms with Gasteiger partial charge in [0.25, 0.3) is 5.91 Å². The number of para-hydroxylation sites is 1. The molecule has 1 aliphatic heterocycles. The summed E-state index contributed by atoms with van der Waals surface area (Å²) in [5.41, 5.74) is 4.14. The van der Waals surface area contributed by atoms with Crippen molar-refractivity contribution in [3.05, 3.63) is 95.8 Å². The van der Waals surface area contributed by atoms with Crippen LogP contribution < -0.4 is 0 Å². The Balaban J connectivity index is 1.48. The van der Waals surface area contributed by atoms with Crippen molar-refractivity contribution in [2.45, 2.75) is 19.0 Å². The highest BCUT2D eigenvalue weighted by atomic mass is 19.1. The summed E-state index contributed by atoms with van der Waals surface area (Å²) in [7, 11) is 0. The van der Waals surface area contributed by atoms with Crippen LogP contribution >= 0.6 is 0 Å². The molecule has 1 amide bonds. The van der Waals surface area contributed by atoms with Gasteiger partial charge in [-0.05, 0) is 35.4 Å². The lowest BCUT2D eigenvalue weighted by Gasteiger charge is -2.22. The lowest BCUT2D eigenvalue weighted by molar-refractivity contribution is -0.133. The number of rotatable bonds is 4. The van der Waals surface area contributed by atoms with Crippen molar-refractivity contribution in [3.8, 4) is 0 Å². The molecule has 3 aromatic carbocycles. The molecular weight excluding hydrogens is 381 g/mol. The molecule has 1 atom stereocenters. The first-order chi connectivity index (χ1) is 14.7. The van der Waals surface area contributed by atoms with Gasteiger partial charge in [0.1, 0.15) is 17.9 Å². The number of hydrazone groups is 1. The van der Waals surface area contributed by atoms with E-state index in [4.69, 9.17) is 0 Å². The molecular formula is C23H18FN5O. The highest BCUT2D eigenvalue weighted by Gasteiger charge is 2.33. The topological polar surface area (TPSA) is 63.4 Å². The van der Waals surface area contributed by atoms with E-state index in [0.717, 1.165) is 27.9 Å². The first-order valence-corrected chi connectivity index (χ1v) is 9.68. The zero-order chi connectivity index (χ0) is 20.5. The standard InChI is InChI=1S/C23H18FN5O/c24-18-12-10-17(11-13-18)22-14-20(16-6-2-1-3-7-16)26-29(22)23(30)15-28-21-9-5-4-8-19(21)25-27-28/h1-13,22H,14-15H2. The van der Waals surface area contributed by atoms with E-state index in [9.17, 15) is 9.18 Å². The van der Waals surface area contributed by atoms with E-state index >= 15 is 0 Å². The molecule has 148 valence electrons. The number of carbonyl (C=O) groups is 1. The van der Waals surface area contributed by atoms with Gasteiger partial charge in [0, 0.05) is 6.42 Å². The molecule has 5 rings (SSSR count). The second kappa shape index (κ2) is 7.51. The number of halogens is 1. The number of aromatic nitrogens is 3. The molecule has 1 aromatic heterocycles. The molecule has 1 aliphatic rings. The third kappa shape index (κ3) is 3.34. The quantitative estimate of drug-likeness (QED) is 0.522. The summed E-state index contributed by atoms with van der Waals surface area (Å²) in [4.78, 5) is 13.2. The minimum Gasteiger partial charge on any atom is -0.271 e. The fraction of sp³-hybridized carbons (Fsp3) is 0.130. The second-order valence-electron chi connectivity index (χ2n) is 7.16. The van der Waals surface area contributed by atoms with Gasteiger partial charge >= 0.3 is 0 Å². The van der Waals surface area contributed by atoms with Gasteiger partial charge in [-0.1, -0.05) is 59.8 Å². The predicted octanol–water partition coefficient (Wildman–Crippen LogP) is 3.95. The normalized spacial score (nSPS) is 16.1. The van der Waals surface area contributed by atoms with Crippen molar-refractivity contribution >= 4 is 22.7 Å². The van der Waals surface area contributed by atoms with Gasteiger partial charge in [-0.2, -0.15) is 5.10 Å². The van der Waals surface area contributed by atoms with Crippen molar-refractivity contribution in [1.29, 1.82) is 0 Å². The van der Waals surface area contributed by atoms with Crippen LogP contribution in [0.2, 0.25) is 0 Å². The van der Waals surface area contributed by atoms with E-state index < -0.39 is 0 Å². The van der Waals surface area contributed by atoms with Crippen molar-refractivity contribution in [1.82, 2.24) is 20.0 Å². The van der Waals surface area contributed by atoms with E-state index in [2.05, 4.69) is 15.4 Å². The predicted molar refractivity (Wildman–Crippen MR) is 111 cm³/mol. The first-order valence-electron chi connectivity index (χ1n) is 9.68. The van der Waals surface area contributed by atoms with Crippen molar-refractivity contribution in [3.63, 3.8) is 0 Å².